The molecule has 0 radical (unpaired) electrons. The second kappa shape index (κ2) is 9.60. The molecule has 1 unspecified atom stereocenters. The smallest absolute Gasteiger partial charge is 0.370 e. The molecule has 1 atom stereocenters. The zero-order valence-corrected chi connectivity index (χ0v) is 18.1. The van der Waals surface area contributed by atoms with Crippen molar-refractivity contribution >= 4 is 23.1 Å². The van der Waals surface area contributed by atoms with Gasteiger partial charge < -0.3 is 15.2 Å². The third-order valence-corrected chi connectivity index (χ3v) is 4.69. The van der Waals surface area contributed by atoms with Crippen LogP contribution in [0.3, 0.4) is 0 Å². The van der Waals surface area contributed by atoms with Gasteiger partial charge in [-0.1, -0.05) is 44.2 Å². The molecular weight excluding hydrogens is 418 g/mol. The summed E-state index contributed by atoms with van der Waals surface area (Å²) in [5, 5.41) is 0. The van der Waals surface area contributed by atoms with E-state index in [1.807, 2.05) is 19.9 Å². The lowest BCUT2D eigenvalue weighted by Gasteiger charge is -2.19. The minimum absolute atomic E-state index is 0.0702. The maximum atomic E-state index is 12.9. The second-order valence-corrected chi connectivity index (χ2v) is 7.61. The molecule has 0 saturated carbocycles. The Morgan fingerprint density at radius 3 is 2.47 bits per heavy atom. The van der Waals surface area contributed by atoms with E-state index in [0.29, 0.717) is 6.54 Å². The average Bonchev–Trinajstić information content (AvgIpc) is 3.22. The molecule has 0 aliphatic rings. The van der Waals surface area contributed by atoms with Crippen LogP contribution in [0.1, 0.15) is 25.6 Å². The average molecular weight is 443 g/mol. The number of aromatic nitrogens is 4. The number of ether oxygens (including phenoxy) is 2. The molecule has 1 aromatic carbocycles. The largest absolute Gasteiger partial charge is 0.457 e. The van der Waals surface area contributed by atoms with Gasteiger partial charge in [0.15, 0.2) is 11.2 Å². The van der Waals surface area contributed by atoms with Gasteiger partial charge in [-0.05, 0) is 11.5 Å². The van der Waals surface area contributed by atoms with Gasteiger partial charge in [0, 0.05) is 13.6 Å². The van der Waals surface area contributed by atoms with Crippen LogP contribution in [0.4, 0.5) is 0 Å². The summed E-state index contributed by atoms with van der Waals surface area (Å²) in [6.07, 6.45) is -0.474. The van der Waals surface area contributed by atoms with E-state index in [-0.39, 0.29) is 23.7 Å². The fraction of sp³-hybridized carbons (Fsp3) is 0.381. The van der Waals surface area contributed by atoms with E-state index >= 15 is 0 Å². The third kappa shape index (κ3) is 4.62. The maximum Gasteiger partial charge on any atom is 0.370 e. The van der Waals surface area contributed by atoms with E-state index in [4.69, 9.17) is 15.2 Å². The lowest BCUT2D eigenvalue weighted by atomic mass is 10.2. The summed E-state index contributed by atoms with van der Waals surface area (Å²) in [5.41, 5.74) is 4.85. The van der Waals surface area contributed by atoms with Crippen LogP contribution in [0.15, 0.2) is 46.2 Å². The summed E-state index contributed by atoms with van der Waals surface area (Å²) in [6.45, 7) is 3.57. The minimum atomic E-state index is -1.64. The molecule has 2 N–H and O–H groups in total. The molecule has 0 aliphatic carbocycles. The molecule has 2 aromatic heterocycles. The number of carbonyl (C=O) groups excluding carboxylic acids is 2. The normalized spacial score (nSPS) is 12.2. The van der Waals surface area contributed by atoms with Crippen molar-refractivity contribution in [1.82, 2.24) is 18.7 Å². The van der Waals surface area contributed by atoms with Crippen LogP contribution < -0.4 is 17.0 Å². The topological polar surface area (TPSA) is 140 Å². The number of fused-ring (bicyclic) bond motifs is 1. The van der Waals surface area contributed by atoms with Gasteiger partial charge in [0.25, 0.3) is 11.8 Å². The Bertz CT molecular complexity index is 1240. The standard InChI is InChI=1S/C21H25N5O6/c1-13(2)10-25-17-16(18(28)24(3)21(25)30)26(12-23-17)19(32-15(27)9-22)20(29)31-11-14-7-5-4-6-8-14/h4-8,12-13,19H,9-11,22H2,1-3H3. The molecule has 0 spiro atoms. The third-order valence-electron chi connectivity index (χ3n) is 4.69. The number of carbonyl (C=O) groups is 2. The number of imidazole rings is 1. The number of nitrogens with zero attached hydrogens (tertiary/aromatic N) is 4. The first kappa shape index (κ1) is 22.9. The molecule has 170 valence electrons. The van der Waals surface area contributed by atoms with Gasteiger partial charge in [0.05, 0.1) is 6.54 Å². The highest BCUT2D eigenvalue weighted by molar-refractivity contribution is 5.81. The van der Waals surface area contributed by atoms with Gasteiger partial charge >= 0.3 is 17.6 Å². The summed E-state index contributed by atoms with van der Waals surface area (Å²) in [4.78, 5) is 54.5. The van der Waals surface area contributed by atoms with Crippen molar-refractivity contribution in [3.05, 3.63) is 63.1 Å². The molecule has 0 bridgehead atoms. The fourth-order valence-electron chi connectivity index (χ4n) is 3.17. The maximum absolute atomic E-state index is 12.9. The summed E-state index contributed by atoms with van der Waals surface area (Å²) < 4.78 is 13.9. The lowest BCUT2D eigenvalue weighted by Crippen LogP contribution is -2.40. The zero-order chi connectivity index (χ0) is 23.4. The molecule has 32 heavy (non-hydrogen) atoms. The summed E-state index contributed by atoms with van der Waals surface area (Å²) in [7, 11) is 1.33. The first-order chi connectivity index (χ1) is 15.2. The number of hydrogen-bond donors (Lipinski definition) is 1. The molecule has 0 aliphatic heterocycles. The summed E-state index contributed by atoms with van der Waals surface area (Å²) in [6, 6.07) is 8.93. The molecule has 3 rings (SSSR count). The van der Waals surface area contributed by atoms with E-state index in [2.05, 4.69) is 4.98 Å². The number of esters is 2. The van der Waals surface area contributed by atoms with Crippen molar-refractivity contribution in [3.8, 4) is 0 Å². The van der Waals surface area contributed by atoms with Gasteiger partial charge in [-0.15, -0.1) is 0 Å². The minimum Gasteiger partial charge on any atom is -0.457 e. The van der Waals surface area contributed by atoms with Gasteiger partial charge in [-0.3, -0.25) is 23.3 Å². The van der Waals surface area contributed by atoms with Crippen LogP contribution >= 0.6 is 0 Å². The van der Waals surface area contributed by atoms with E-state index in [1.165, 1.54) is 17.9 Å². The summed E-state index contributed by atoms with van der Waals surface area (Å²) >= 11 is 0. The molecule has 2 heterocycles. The van der Waals surface area contributed by atoms with Crippen LogP contribution in [0.5, 0.6) is 0 Å². The van der Waals surface area contributed by atoms with Crippen LogP contribution in [-0.4, -0.2) is 37.2 Å². The Hall–Kier alpha value is -3.73. The number of hydrogen-bond acceptors (Lipinski definition) is 8. The Labute approximate surface area is 183 Å². The van der Waals surface area contributed by atoms with Gasteiger partial charge in [0.2, 0.25) is 0 Å². The number of rotatable bonds is 8. The Balaban J connectivity index is 2.08. The first-order valence-corrected chi connectivity index (χ1v) is 10.0. The molecule has 0 amide bonds. The van der Waals surface area contributed by atoms with Crippen molar-refractivity contribution in [2.45, 2.75) is 33.2 Å². The molecule has 11 heteroatoms. The Morgan fingerprint density at radius 1 is 1.16 bits per heavy atom. The molecule has 11 nitrogen and oxygen atoms in total. The number of nitrogens with two attached hydrogens (primary N) is 1. The molecule has 0 saturated heterocycles. The van der Waals surface area contributed by atoms with Gasteiger partial charge in [0.1, 0.15) is 12.9 Å². The van der Waals surface area contributed by atoms with Crippen LogP contribution in [0.2, 0.25) is 0 Å². The molecule has 0 fully saturated rings. The number of benzene rings is 1. The Morgan fingerprint density at radius 2 is 1.84 bits per heavy atom. The van der Waals surface area contributed by atoms with E-state index < -0.39 is 36.0 Å². The van der Waals surface area contributed by atoms with E-state index in [1.54, 1.807) is 24.3 Å². The van der Waals surface area contributed by atoms with Gasteiger partial charge in [-0.25, -0.2) is 14.6 Å². The first-order valence-electron chi connectivity index (χ1n) is 10.0. The highest BCUT2D eigenvalue weighted by Crippen LogP contribution is 2.19. The lowest BCUT2D eigenvalue weighted by molar-refractivity contribution is -0.174. The van der Waals surface area contributed by atoms with E-state index in [0.717, 1.165) is 14.7 Å². The van der Waals surface area contributed by atoms with Crippen molar-refractivity contribution in [2.75, 3.05) is 6.54 Å². The second-order valence-electron chi connectivity index (χ2n) is 7.61. The van der Waals surface area contributed by atoms with Crippen molar-refractivity contribution < 1.29 is 19.1 Å². The molecule has 3 aromatic rings. The highest BCUT2D eigenvalue weighted by atomic mass is 16.6. The molecular formula is C21H25N5O6. The SMILES string of the molecule is CC(C)Cn1c(=O)n(C)c(=O)c2c1ncn2C(OC(=O)CN)C(=O)OCc1ccccc1. The van der Waals surface area contributed by atoms with Crippen LogP contribution in [0.25, 0.3) is 11.2 Å². The van der Waals surface area contributed by atoms with Crippen molar-refractivity contribution in [3.63, 3.8) is 0 Å². The van der Waals surface area contributed by atoms with Crippen molar-refractivity contribution in [2.24, 2.45) is 18.7 Å². The van der Waals surface area contributed by atoms with Crippen LogP contribution in [-0.2, 0) is 39.3 Å². The van der Waals surface area contributed by atoms with Gasteiger partial charge in [-0.2, -0.15) is 0 Å². The predicted octanol–water partition coefficient (Wildman–Crippen LogP) is 0.297. The zero-order valence-electron chi connectivity index (χ0n) is 18.1. The monoisotopic (exact) mass is 443 g/mol. The van der Waals surface area contributed by atoms with Crippen LogP contribution in [0, 0.1) is 5.92 Å². The quantitative estimate of drug-likeness (QED) is 0.490. The van der Waals surface area contributed by atoms with E-state index in [9.17, 15) is 19.2 Å². The Kier molecular flexibility index (Phi) is 6.89. The predicted molar refractivity (Wildman–Crippen MR) is 114 cm³/mol. The summed E-state index contributed by atoms with van der Waals surface area (Å²) in [5.74, 6) is -1.71. The fourth-order valence-corrected chi connectivity index (χ4v) is 3.17. The van der Waals surface area contributed by atoms with Crippen molar-refractivity contribution in [1.29, 1.82) is 0 Å². The highest BCUT2D eigenvalue weighted by Gasteiger charge is 2.30.